The smallest absolute Gasteiger partial charge is 0.323 e. The number of ketones is 1. The van der Waals surface area contributed by atoms with Crippen LogP contribution in [0.1, 0.15) is 67.4 Å². The number of nitrogens with one attached hydrogen (secondary N) is 1. The minimum atomic E-state index is -1.02. The summed E-state index contributed by atoms with van der Waals surface area (Å²) in [5, 5.41) is 3.30. The Kier molecular flexibility index (Phi) is 8.91. The minimum Gasteiger partial charge on any atom is -0.461 e. The Balaban J connectivity index is 1.50. The molecule has 1 aliphatic carbocycles. The number of hydrogen-bond donors (Lipinski definition) is 2. The van der Waals surface area contributed by atoms with Crippen LogP contribution >= 0.6 is 0 Å². The van der Waals surface area contributed by atoms with Crippen molar-refractivity contribution in [2.45, 2.75) is 64.6 Å². The van der Waals surface area contributed by atoms with E-state index in [9.17, 15) is 23.2 Å². The lowest BCUT2D eigenvalue weighted by Gasteiger charge is -2.22. The second kappa shape index (κ2) is 12.3. The van der Waals surface area contributed by atoms with Gasteiger partial charge in [0.05, 0.1) is 16.8 Å². The lowest BCUT2D eigenvalue weighted by Crippen LogP contribution is -2.40. The van der Waals surface area contributed by atoms with Crippen molar-refractivity contribution in [1.82, 2.24) is 9.88 Å². The Hall–Kier alpha value is -3.85. The van der Waals surface area contributed by atoms with Gasteiger partial charge in [0.1, 0.15) is 29.6 Å². The van der Waals surface area contributed by atoms with Crippen molar-refractivity contribution in [3.63, 3.8) is 0 Å². The fourth-order valence-corrected chi connectivity index (χ4v) is 4.82. The summed E-state index contributed by atoms with van der Waals surface area (Å²) in [5.74, 6) is -2.68. The molecule has 0 aliphatic heterocycles. The van der Waals surface area contributed by atoms with E-state index < -0.39 is 29.0 Å². The number of nitrogens with two attached hydrogens (primary N) is 1. The van der Waals surface area contributed by atoms with Crippen LogP contribution in [-0.4, -0.2) is 28.5 Å². The van der Waals surface area contributed by atoms with Gasteiger partial charge in [0.2, 0.25) is 0 Å². The van der Waals surface area contributed by atoms with E-state index in [1.165, 1.54) is 12.1 Å². The van der Waals surface area contributed by atoms with Gasteiger partial charge in [-0.05, 0) is 73.9 Å². The largest absolute Gasteiger partial charge is 0.461 e. The monoisotopic (exact) mass is 537 g/mol. The molecular weight excluding hydrogens is 504 g/mol. The van der Waals surface area contributed by atoms with E-state index in [-0.39, 0.29) is 29.0 Å². The van der Waals surface area contributed by atoms with Crippen molar-refractivity contribution < 1.29 is 23.1 Å². The summed E-state index contributed by atoms with van der Waals surface area (Å²) in [4.78, 5) is 38.4. The predicted molar refractivity (Wildman–Crippen MR) is 145 cm³/mol. The molecule has 9 heteroatoms. The highest BCUT2D eigenvalue weighted by Gasteiger charge is 2.26. The molecular formula is C30H33F2N3O4. The zero-order valence-corrected chi connectivity index (χ0v) is 22.1. The van der Waals surface area contributed by atoms with E-state index in [1.807, 2.05) is 0 Å². The van der Waals surface area contributed by atoms with Crippen LogP contribution in [0.15, 0.2) is 59.4 Å². The van der Waals surface area contributed by atoms with Crippen LogP contribution in [0.5, 0.6) is 0 Å². The highest BCUT2D eigenvalue weighted by molar-refractivity contribution is 6.11. The molecule has 1 atom stereocenters. The number of carbonyl (C=O) groups is 2. The van der Waals surface area contributed by atoms with Gasteiger partial charge in [-0.2, -0.15) is 0 Å². The van der Waals surface area contributed by atoms with Gasteiger partial charge in [-0.3, -0.25) is 19.0 Å². The summed E-state index contributed by atoms with van der Waals surface area (Å²) in [7, 11) is 0. The fourth-order valence-electron chi connectivity index (χ4n) is 4.82. The summed E-state index contributed by atoms with van der Waals surface area (Å²) >= 11 is 0. The fraction of sp³-hybridized carbons (Fsp3) is 0.367. The molecule has 0 spiro atoms. The Morgan fingerprint density at radius 1 is 1.03 bits per heavy atom. The number of halogens is 2. The number of pyridine rings is 1. The minimum absolute atomic E-state index is 0.000730. The predicted octanol–water partition coefficient (Wildman–Crippen LogP) is 4.92. The molecule has 1 aromatic heterocycles. The molecule has 39 heavy (non-hydrogen) atoms. The number of nitrogens with zero attached hydrogens (tertiary/aromatic N) is 1. The van der Waals surface area contributed by atoms with Crippen molar-refractivity contribution in [2.24, 2.45) is 5.92 Å². The van der Waals surface area contributed by atoms with Crippen molar-refractivity contribution in [3.8, 4) is 5.69 Å². The second-order valence-corrected chi connectivity index (χ2v) is 10.3. The van der Waals surface area contributed by atoms with E-state index in [0.717, 1.165) is 47.9 Å². The third kappa shape index (κ3) is 6.78. The highest BCUT2D eigenvalue weighted by Crippen LogP contribution is 2.23. The van der Waals surface area contributed by atoms with Gasteiger partial charge in [-0.1, -0.05) is 26.0 Å². The molecule has 3 N–H and O–H groups in total. The molecule has 7 nitrogen and oxygen atoms in total. The number of nitrogen functional groups attached to an aromatic ring is 1. The Morgan fingerprint density at radius 3 is 2.33 bits per heavy atom. The van der Waals surface area contributed by atoms with E-state index in [2.05, 4.69) is 19.2 Å². The Bertz CT molecular complexity index is 1400. The van der Waals surface area contributed by atoms with E-state index in [4.69, 9.17) is 10.5 Å². The topological polar surface area (TPSA) is 103 Å². The third-order valence-electron chi connectivity index (χ3n) is 6.87. The first-order chi connectivity index (χ1) is 18.6. The maximum Gasteiger partial charge on any atom is 0.323 e. The van der Waals surface area contributed by atoms with Gasteiger partial charge in [0, 0.05) is 18.7 Å². The van der Waals surface area contributed by atoms with E-state index >= 15 is 0 Å². The first kappa shape index (κ1) is 28.2. The van der Waals surface area contributed by atoms with Crippen LogP contribution in [-0.2, 0) is 16.1 Å². The van der Waals surface area contributed by atoms with Crippen LogP contribution in [0.25, 0.3) is 5.69 Å². The van der Waals surface area contributed by atoms with Crippen molar-refractivity contribution in [1.29, 1.82) is 0 Å². The lowest BCUT2D eigenvalue weighted by molar-refractivity contribution is -0.151. The maximum atomic E-state index is 14.2. The number of ether oxygens (including phenoxy) is 1. The number of aromatic nitrogens is 1. The van der Waals surface area contributed by atoms with Crippen LogP contribution in [0, 0.1) is 17.6 Å². The molecule has 0 unspecified atom stereocenters. The summed E-state index contributed by atoms with van der Waals surface area (Å²) in [5.41, 5.74) is 6.58. The van der Waals surface area contributed by atoms with Gasteiger partial charge < -0.3 is 15.8 Å². The lowest BCUT2D eigenvalue weighted by atomic mass is 10.0. The third-order valence-corrected chi connectivity index (χ3v) is 6.87. The molecule has 2 aromatic carbocycles. The maximum absolute atomic E-state index is 14.2. The van der Waals surface area contributed by atoms with Gasteiger partial charge in [-0.25, -0.2) is 8.78 Å². The van der Waals surface area contributed by atoms with E-state index in [1.54, 1.807) is 24.3 Å². The molecule has 1 aliphatic rings. The normalized spacial score (nSPS) is 14.5. The molecule has 1 fully saturated rings. The average molecular weight is 538 g/mol. The summed E-state index contributed by atoms with van der Waals surface area (Å²) < 4.78 is 34.4. The molecule has 4 rings (SSSR count). The zero-order valence-electron chi connectivity index (χ0n) is 22.1. The number of rotatable bonds is 10. The van der Waals surface area contributed by atoms with Gasteiger partial charge in [-0.15, -0.1) is 0 Å². The average Bonchev–Trinajstić information content (AvgIpc) is 3.40. The van der Waals surface area contributed by atoms with E-state index in [0.29, 0.717) is 30.6 Å². The van der Waals surface area contributed by atoms with Gasteiger partial charge in [0.25, 0.3) is 5.56 Å². The quantitative estimate of drug-likeness (QED) is 0.281. The molecule has 3 aromatic rings. The second-order valence-electron chi connectivity index (χ2n) is 10.3. The van der Waals surface area contributed by atoms with Crippen molar-refractivity contribution >= 4 is 17.6 Å². The molecule has 1 heterocycles. The number of carbonyl (C=O) groups excluding carboxylic acids is 2. The highest BCUT2D eigenvalue weighted by atomic mass is 19.1. The zero-order chi connectivity index (χ0) is 28.1. The van der Waals surface area contributed by atoms with Crippen molar-refractivity contribution in [3.05, 3.63) is 93.3 Å². The van der Waals surface area contributed by atoms with Gasteiger partial charge >= 0.3 is 5.97 Å². The Labute approximate surface area is 226 Å². The first-order valence-corrected chi connectivity index (χ1v) is 13.2. The first-order valence-electron chi connectivity index (χ1n) is 13.2. The van der Waals surface area contributed by atoms with Crippen LogP contribution < -0.4 is 16.6 Å². The number of anilines is 1. The van der Waals surface area contributed by atoms with Crippen LogP contribution in [0.4, 0.5) is 14.6 Å². The van der Waals surface area contributed by atoms with Crippen LogP contribution in [0.2, 0.25) is 0 Å². The molecule has 0 amide bonds. The van der Waals surface area contributed by atoms with Gasteiger partial charge in [0.15, 0.2) is 5.78 Å². The number of esters is 1. The Morgan fingerprint density at radius 2 is 1.69 bits per heavy atom. The standard InChI is InChI=1S/C30H33F2N3O4/c1-18(2)15-26(30(38)39-22-5-3-4-6-22)34-17-19-7-10-21(11-8-19)35-27(36)14-13-24(29(35)33)28(37)23-12-9-20(31)16-25(23)32/h7-14,16,18,22,26,34H,3-6,15,17,33H2,1-2H3/t26-/m0/s1. The SMILES string of the molecule is CC(C)C[C@H](NCc1ccc(-n2c(N)c(C(=O)c3ccc(F)cc3F)ccc2=O)cc1)C(=O)OC1CCCC1. The molecule has 0 bridgehead atoms. The van der Waals surface area contributed by atoms with Crippen molar-refractivity contribution in [2.75, 3.05) is 5.73 Å². The summed E-state index contributed by atoms with van der Waals surface area (Å²) in [6.45, 7) is 4.51. The molecule has 0 radical (unpaired) electrons. The number of hydrogen-bond acceptors (Lipinski definition) is 6. The number of benzene rings is 2. The molecule has 0 saturated heterocycles. The molecule has 206 valence electrons. The van der Waals surface area contributed by atoms with Crippen LogP contribution in [0.3, 0.4) is 0 Å². The molecule has 1 saturated carbocycles. The summed E-state index contributed by atoms with van der Waals surface area (Å²) in [6, 6.07) is 11.5. The summed E-state index contributed by atoms with van der Waals surface area (Å²) in [6.07, 6.45) is 4.64.